The number of carboxylic acids is 1. The average Bonchev–Trinajstić information content (AvgIpc) is 2.38. The molecular weight excluding hydrogens is 262 g/mol. The van der Waals surface area contributed by atoms with Gasteiger partial charge in [0.25, 0.3) is 0 Å². The van der Waals surface area contributed by atoms with E-state index in [0.717, 1.165) is 6.54 Å². The van der Waals surface area contributed by atoms with Crippen LogP contribution >= 0.6 is 11.6 Å². The molecule has 2 rings (SSSR count). The lowest BCUT2D eigenvalue weighted by Gasteiger charge is -2.34. The minimum Gasteiger partial charge on any atom is -0.478 e. The van der Waals surface area contributed by atoms with E-state index in [1.807, 2.05) is 0 Å². The summed E-state index contributed by atoms with van der Waals surface area (Å²) in [5.41, 5.74) is 1.17. The summed E-state index contributed by atoms with van der Waals surface area (Å²) in [7, 11) is 0. The highest BCUT2D eigenvalue weighted by Crippen LogP contribution is 2.36. The molecule has 0 spiro atoms. The minimum atomic E-state index is -0.946. The third-order valence-corrected chi connectivity index (χ3v) is 4.21. The normalized spacial score (nSPS) is 18.0. The molecule has 1 fully saturated rings. The molecule has 1 aromatic rings. The molecule has 2 N–H and O–H groups in total. The first-order valence-corrected chi connectivity index (χ1v) is 7.15. The molecule has 0 bridgehead atoms. The summed E-state index contributed by atoms with van der Waals surface area (Å²) in [6, 6.07) is 4.97. The smallest absolute Gasteiger partial charge is 0.337 e. The van der Waals surface area contributed by atoms with E-state index in [1.165, 1.54) is 38.2 Å². The summed E-state index contributed by atoms with van der Waals surface area (Å²) in [4.78, 5) is 11.2. The number of aromatic carboxylic acids is 1. The Hall–Kier alpha value is -1.22. The summed E-state index contributed by atoms with van der Waals surface area (Å²) in [5, 5.41) is 12.9. The van der Waals surface area contributed by atoms with Crippen molar-refractivity contribution in [3.63, 3.8) is 0 Å². The Morgan fingerprint density at radius 2 is 2.05 bits per heavy atom. The van der Waals surface area contributed by atoms with Crippen LogP contribution in [0, 0.1) is 5.41 Å². The molecule has 0 saturated heterocycles. The maximum atomic E-state index is 11.2. The van der Waals surface area contributed by atoms with Crippen molar-refractivity contribution in [2.24, 2.45) is 5.41 Å². The summed E-state index contributed by atoms with van der Waals surface area (Å²) in [6.07, 6.45) is 6.26. The maximum absolute atomic E-state index is 11.2. The fourth-order valence-electron chi connectivity index (χ4n) is 2.74. The highest BCUT2D eigenvalue weighted by Gasteiger charge is 2.26. The van der Waals surface area contributed by atoms with Crippen LogP contribution in [0.5, 0.6) is 0 Å². The number of anilines is 1. The van der Waals surface area contributed by atoms with Gasteiger partial charge in [-0.25, -0.2) is 4.79 Å². The van der Waals surface area contributed by atoms with Gasteiger partial charge in [0.15, 0.2) is 0 Å². The van der Waals surface area contributed by atoms with E-state index in [-0.39, 0.29) is 11.0 Å². The number of hydrogen-bond donors (Lipinski definition) is 2. The zero-order chi connectivity index (χ0) is 13.9. The fourth-order valence-corrected chi connectivity index (χ4v) is 2.91. The molecule has 1 aliphatic carbocycles. The highest BCUT2D eigenvalue weighted by atomic mass is 35.5. The van der Waals surface area contributed by atoms with Crippen LogP contribution in [0.1, 0.15) is 49.4 Å². The van der Waals surface area contributed by atoms with Gasteiger partial charge < -0.3 is 10.4 Å². The first kappa shape index (κ1) is 14.2. The van der Waals surface area contributed by atoms with E-state index < -0.39 is 5.97 Å². The number of hydrogen-bond acceptors (Lipinski definition) is 2. The van der Waals surface area contributed by atoms with Gasteiger partial charge in [0, 0.05) is 17.3 Å². The second-order valence-corrected chi connectivity index (χ2v) is 6.16. The number of halogens is 1. The van der Waals surface area contributed by atoms with E-state index in [4.69, 9.17) is 11.6 Å². The Labute approximate surface area is 119 Å². The summed E-state index contributed by atoms with van der Waals surface area (Å²) < 4.78 is 0. The van der Waals surface area contributed by atoms with E-state index in [2.05, 4.69) is 12.2 Å². The van der Waals surface area contributed by atoms with Gasteiger partial charge in [-0.3, -0.25) is 0 Å². The first-order valence-electron chi connectivity index (χ1n) is 6.77. The Balaban J connectivity index is 2.08. The van der Waals surface area contributed by atoms with Gasteiger partial charge >= 0.3 is 5.97 Å². The molecule has 0 unspecified atom stereocenters. The lowest BCUT2D eigenvalue weighted by molar-refractivity contribution is 0.0698. The van der Waals surface area contributed by atoms with Gasteiger partial charge in [-0.2, -0.15) is 0 Å². The van der Waals surface area contributed by atoms with Crippen LogP contribution in [-0.2, 0) is 0 Å². The standard InChI is InChI=1S/C15H20ClNO2/c1-15(7-3-2-4-8-15)10-17-13-6-5-11(16)9-12(13)14(18)19/h5-6,9,17H,2-4,7-8,10H2,1H3,(H,18,19). The van der Waals surface area contributed by atoms with Crippen LogP contribution in [0.4, 0.5) is 5.69 Å². The van der Waals surface area contributed by atoms with Crippen LogP contribution in [0.15, 0.2) is 18.2 Å². The van der Waals surface area contributed by atoms with Crippen LogP contribution < -0.4 is 5.32 Å². The zero-order valence-electron chi connectivity index (χ0n) is 11.2. The van der Waals surface area contributed by atoms with Crippen molar-refractivity contribution in [3.8, 4) is 0 Å². The second-order valence-electron chi connectivity index (χ2n) is 5.72. The molecule has 0 atom stereocenters. The van der Waals surface area contributed by atoms with Gasteiger partial charge in [-0.05, 0) is 36.5 Å². The summed E-state index contributed by atoms with van der Waals surface area (Å²) in [5.74, 6) is -0.946. The second kappa shape index (κ2) is 5.83. The van der Waals surface area contributed by atoms with Crippen molar-refractivity contribution in [1.29, 1.82) is 0 Å². The van der Waals surface area contributed by atoms with Crippen LogP contribution in [0.2, 0.25) is 5.02 Å². The van der Waals surface area contributed by atoms with Gasteiger partial charge in [0.1, 0.15) is 0 Å². The molecule has 1 saturated carbocycles. The van der Waals surface area contributed by atoms with Crippen LogP contribution in [-0.4, -0.2) is 17.6 Å². The molecule has 1 aliphatic rings. The van der Waals surface area contributed by atoms with Crippen LogP contribution in [0.25, 0.3) is 0 Å². The predicted molar refractivity (Wildman–Crippen MR) is 78.1 cm³/mol. The van der Waals surface area contributed by atoms with Crippen molar-refractivity contribution >= 4 is 23.3 Å². The molecule has 0 aliphatic heterocycles. The Morgan fingerprint density at radius 1 is 1.37 bits per heavy atom. The van der Waals surface area contributed by atoms with Crippen LogP contribution in [0.3, 0.4) is 0 Å². The van der Waals surface area contributed by atoms with Gasteiger partial charge in [-0.1, -0.05) is 37.8 Å². The van der Waals surface area contributed by atoms with Crippen molar-refractivity contribution in [3.05, 3.63) is 28.8 Å². The highest BCUT2D eigenvalue weighted by molar-refractivity contribution is 6.31. The van der Waals surface area contributed by atoms with E-state index in [9.17, 15) is 9.90 Å². The van der Waals surface area contributed by atoms with Crippen molar-refractivity contribution < 1.29 is 9.90 Å². The van der Waals surface area contributed by atoms with E-state index >= 15 is 0 Å². The Bertz CT molecular complexity index is 467. The lowest BCUT2D eigenvalue weighted by Crippen LogP contribution is -2.29. The molecular formula is C15H20ClNO2. The summed E-state index contributed by atoms with van der Waals surface area (Å²) in [6.45, 7) is 3.09. The van der Waals surface area contributed by atoms with E-state index in [0.29, 0.717) is 10.7 Å². The van der Waals surface area contributed by atoms with Gasteiger partial charge in [0.05, 0.1) is 5.56 Å². The minimum absolute atomic E-state index is 0.243. The van der Waals surface area contributed by atoms with E-state index in [1.54, 1.807) is 12.1 Å². The monoisotopic (exact) mass is 281 g/mol. The topological polar surface area (TPSA) is 49.3 Å². The number of nitrogens with one attached hydrogen (secondary N) is 1. The molecule has 0 aromatic heterocycles. The third-order valence-electron chi connectivity index (χ3n) is 3.98. The first-order chi connectivity index (χ1) is 9.00. The molecule has 4 heteroatoms. The number of benzene rings is 1. The molecule has 1 aromatic carbocycles. The molecule has 19 heavy (non-hydrogen) atoms. The largest absolute Gasteiger partial charge is 0.478 e. The van der Waals surface area contributed by atoms with Crippen molar-refractivity contribution in [2.45, 2.75) is 39.0 Å². The lowest BCUT2D eigenvalue weighted by atomic mass is 9.75. The van der Waals surface area contributed by atoms with Gasteiger partial charge in [0.2, 0.25) is 0 Å². The number of carboxylic acid groups (broad SMARTS) is 1. The summed E-state index contributed by atoms with van der Waals surface area (Å²) >= 11 is 5.85. The number of carbonyl (C=O) groups is 1. The molecule has 0 radical (unpaired) electrons. The van der Waals surface area contributed by atoms with Gasteiger partial charge in [-0.15, -0.1) is 0 Å². The number of rotatable bonds is 4. The quantitative estimate of drug-likeness (QED) is 0.859. The SMILES string of the molecule is CC1(CNc2ccc(Cl)cc2C(=O)O)CCCCC1. The van der Waals surface area contributed by atoms with Crippen molar-refractivity contribution in [2.75, 3.05) is 11.9 Å². The Kier molecular flexibility index (Phi) is 4.35. The molecule has 104 valence electrons. The molecule has 0 heterocycles. The third kappa shape index (κ3) is 3.63. The van der Waals surface area contributed by atoms with Crippen molar-refractivity contribution in [1.82, 2.24) is 0 Å². The zero-order valence-corrected chi connectivity index (χ0v) is 12.0. The molecule has 3 nitrogen and oxygen atoms in total. The predicted octanol–water partition coefficient (Wildman–Crippen LogP) is 4.42. The maximum Gasteiger partial charge on any atom is 0.337 e. The Morgan fingerprint density at radius 3 is 2.68 bits per heavy atom. The fraction of sp³-hybridized carbons (Fsp3) is 0.533. The molecule has 0 amide bonds. The average molecular weight is 282 g/mol.